The highest BCUT2D eigenvalue weighted by Crippen LogP contribution is 2.26. The molecule has 0 amide bonds. The second-order valence-corrected chi connectivity index (χ2v) is 6.97. The van der Waals surface area contributed by atoms with E-state index in [1.54, 1.807) is 6.20 Å². The summed E-state index contributed by atoms with van der Waals surface area (Å²) < 4.78 is 0. The first-order valence-electron chi connectivity index (χ1n) is 13.1. The number of aliphatic imine (C=N–C) groups is 1. The summed E-state index contributed by atoms with van der Waals surface area (Å²) in [6, 6.07) is 0. The average Bonchev–Trinajstić information content (AvgIpc) is 2.76. The Hall–Kier alpha value is -1.31. The van der Waals surface area contributed by atoms with Gasteiger partial charge in [-0.15, -0.1) is 0 Å². The second kappa shape index (κ2) is 36.1. The standard InChI is InChI=1S/C11H20.C9H16N2.C3H8.3C2H6/c1-10(2)11-8-6-4-3-5-7-9-11;1-6-10-9(8(3)4)11(5)7-2;1-3-2;3*1-2/h11H,1,3-9H2,2H3;7H,2-3,6H2,1,4-5H3;3H2,1-2H3;3*1-2H3. The van der Waals surface area contributed by atoms with Crippen LogP contribution in [0.25, 0.3) is 0 Å². The molecular formula is C29H62N2. The van der Waals surface area contributed by atoms with Crippen molar-refractivity contribution >= 4 is 5.84 Å². The Labute approximate surface area is 200 Å². The van der Waals surface area contributed by atoms with E-state index >= 15 is 0 Å². The molecule has 1 rings (SSSR count). The Balaban J connectivity index is -0.000000106. The molecule has 1 aliphatic carbocycles. The summed E-state index contributed by atoms with van der Waals surface area (Å²) >= 11 is 0. The third kappa shape index (κ3) is 31.0. The molecule has 31 heavy (non-hydrogen) atoms. The van der Waals surface area contributed by atoms with Gasteiger partial charge in [-0.05, 0) is 51.3 Å². The molecule has 0 atom stereocenters. The third-order valence-corrected chi connectivity index (χ3v) is 4.10. The summed E-state index contributed by atoms with van der Waals surface area (Å²) in [7, 11) is 1.91. The van der Waals surface area contributed by atoms with Gasteiger partial charge in [-0.2, -0.15) is 0 Å². The van der Waals surface area contributed by atoms with Crippen LogP contribution < -0.4 is 0 Å². The zero-order chi connectivity index (χ0) is 25.7. The van der Waals surface area contributed by atoms with Crippen molar-refractivity contribution in [2.45, 2.75) is 128 Å². The zero-order valence-corrected chi connectivity index (χ0v) is 24.0. The normalized spacial score (nSPS) is 13.0. The molecule has 0 aliphatic heterocycles. The van der Waals surface area contributed by atoms with Crippen molar-refractivity contribution in [1.82, 2.24) is 4.90 Å². The topological polar surface area (TPSA) is 15.6 Å². The largest absolute Gasteiger partial charge is 0.337 e. The van der Waals surface area contributed by atoms with Gasteiger partial charge < -0.3 is 4.90 Å². The molecule has 1 saturated carbocycles. The molecule has 0 unspecified atom stereocenters. The minimum Gasteiger partial charge on any atom is -0.337 e. The van der Waals surface area contributed by atoms with Crippen molar-refractivity contribution in [2.24, 2.45) is 10.9 Å². The van der Waals surface area contributed by atoms with E-state index in [-0.39, 0.29) is 0 Å². The number of hydrogen-bond acceptors (Lipinski definition) is 1. The van der Waals surface area contributed by atoms with Gasteiger partial charge in [0.25, 0.3) is 0 Å². The van der Waals surface area contributed by atoms with Crippen LogP contribution in [-0.4, -0.2) is 24.3 Å². The summed E-state index contributed by atoms with van der Waals surface area (Å²) in [4.78, 5) is 6.13. The molecule has 188 valence electrons. The molecule has 0 heterocycles. The van der Waals surface area contributed by atoms with Crippen LogP contribution in [0.1, 0.15) is 128 Å². The van der Waals surface area contributed by atoms with Crippen LogP contribution in [0.5, 0.6) is 0 Å². The molecule has 0 radical (unpaired) electrons. The fraction of sp³-hybridized carbons (Fsp3) is 0.759. The molecule has 0 aromatic rings. The van der Waals surface area contributed by atoms with Gasteiger partial charge in [0.1, 0.15) is 5.84 Å². The van der Waals surface area contributed by atoms with Gasteiger partial charge in [0.15, 0.2) is 0 Å². The quantitative estimate of drug-likeness (QED) is 0.242. The van der Waals surface area contributed by atoms with Crippen LogP contribution in [0, 0.1) is 5.92 Å². The van der Waals surface area contributed by atoms with Crippen LogP contribution in [0.2, 0.25) is 0 Å². The smallest absolute Gasteiger partial charge is 0.129 e. The molecule has 1 fully saturated rings. The number of likely N-dealkylation sites (N-methyl/N-ethyl adjacent to an activating group) is 1. The summed E-state index contributed by atoms with van der Waals surface area (Å²) in [6.07, 6.45) is 13.0. The van der Waals surface area contributed by atoms with Crippen LogP contribution in [0.15, 0.2) is 42.1 Å². The van der Waals surface area contributed by atoms with Gasteiger partial charge in [-0.1, -0.05) is 119 Å². The minimum atomic E-state index is 0.778. The summed E-state index contributed by atoms with van der Waals surface area (Å²) in [5, 5.41) is 0. The van der Waals surface area contributed by atoms with Gasteiger partial charge in [-0.3, -0.25) is 4.99 Å². The van der Waals surface area contributed by atoms with E-state index < -0.39 is 0 Å². The summed E-state index contributed by atoms with van der Waals surface area (Å²) in [5.74, 6) is 1.75. The lowest BCUT2D eigenvalue weighted by Gasteiger charge is -2.19. The van der Waals surface area contributed by atoms with Gasteiger partial charge in [-0.25, -0.2) is 0 Å². The van der Waals surface area contributed by atoms with Crippen molar-refractivity contribution in [2.75, 3.05) is 13.6 Å². The molecular weight excluding hydrogens is 376 g/mol. The van der Waals surface area contributed by atoms with Crippen molar-refractivity contribution in [3.05, 3.63) is 37.1 Å². The van der Waals surface area contributed by atoms with Crippen molar-refractivity contribution < 1.29 is 0 Å². The number of allylic oxidation sites excluding steroid dienone is 1. The first-order valence-corrected chi connectivity index (χ1v) is 13.1. The van der Waals surface area contributed by atoms with E-state index in [0.717, 1.165) is 23.9 Å². The molecule has 0 bridgehead atoms. The Bertz CT molecular complexity index is 386. The van der Waals surface area contributed by atoms with E-state index in [2.05, 4.69) is 45.5 Å². The molecule has 0 aromatic heterocycles. The number of rotatable bonds is 4. The van der Waals surface area contributed by atoms with E-state index in [1.807, 2.05) is 67.3 Å². The Morgan fingerprint density at radius 2 is 1.19 bits per heavy atom. The maximum Gasteiger partial charge on any atom is 0.129 e. The van der Waals surface area contributed by atoms with Crippen LogP contribution in [-0.2, 0) is 0 Å². The minimum absolute atomic E-state index is 0.778. The maximum absolute atomic E-state index is 4.27. The molecule has 1 aliphatic rings. The number of nitrogens with zero attached hydrogens (tertiary/aromatic N) is 2. The highest BCUT2D eigenvalue weighted by Gasteiger charge is 2.10. The molecule has 0 N–H and O–H groups in total. The predicted octanol–water partition coefficient (Wildman–Crippen LogP) is 10.5. The first kappa shape index (κ1) is 40.1. The molecule has 0 saturated heterocycles. The lowest BCUT2D eigenvalue weighted by Crippen LogP contribution is -2.21. The van der Waals surface area contributed by atoms with Crippen molar-refractivity contribution in [3.63, 3.8) is 0 Å². The Morgan fingerprint density at radius 1 is 0.839 bits per heavy atom. The van der Waals surface area contributed by atoms with Gasteiger partial charge in [0.05, 0.1) is 0 Å². The van der Waals surface area contributed by atoms with Crippen molar-refractivity contribution in [1.29, 1.82) is 0 Å². The van der Waals surface area contributed by atoms with E-state index in [9.17, 15) is 0 Å². The summed E-state index contributed by atoms with van der Waals surface area (Å²) in [5.41, 5.74) is 2.38. The monoisotopic (exact) mass is 438 g/mol. The first-order chi connectivity index (χ1) is 14.8. The second-order valence-electron chi connectivity index (χ2n) is 6.97. The third-order valence-electron chi connectivity index (χ3n) is 4.10. The molecule has 2 nitrogen and oxygen atoms in total. The highest BCUT2D eigenvalue weighted by atomic mass is 15.1. The van der Waals surface area contributed by atoms with Crippen LogP contribution in [0.3, 0.4) is 0 Å². The predicted molar refractivity (Wildman–Crippen MR) is 151 cm³/mol. The lowest BCUT2D eigenvalue weighted by atomic mass is 9.87. The van der Waals surface area contributed by atoms with Crippen LogP contribution >= 0.6 is 0 Å². The van der Waals surface area contributed by atoms with Gasteiger partial charge >= 0.3 is 0 Å². The van der Waals surface area contributed by atoms with E-state index in [1.165, 1.54) is 56.9 Å². The lowest BCUT2D eigenvalue weighted by molar-refractivity contribution is 0.421. The molecule has 2 heteroatoms. The van der Waals surface area contributed by atoms with E-state index in [4.69, 9.17) is 0 Å². The highest BCUT2D eigenvalue weighted by molar-refractivity contribution is 5.97. The fourth-order valence-corrected chi connectivity index (χ4v) is 2.73. The molecule has 0 spiro atoms. The average molecular weight is 439 g/mol. The summed E-state index contributed by atoms with van der Waals surface area (Å²) in [6.45, 7) is 34.7. The zero-order valence-electron chi connectivity index (χ0n) is 24.0. The van der Waals surface area contributed by atoms with Gasteiger partial charge in [0, 0.05) is 13.6 Å². The number of hydrogen-bond donors (Lipinski definition) is 0. The maximum atomic E-state index is 4.27. The SMILES string of the molecule is C=C(C)C1CCCCCCC1.C=CN(C)C(=NCC)C(=C)C.CC.CC.CC.CCC. The Morgan fingerprint density at radius 3 is 1.45 bits per heavy atom. The fourth-order valence-electron chi connectivity index (χ4n) is 2.73. The van der Waals surface area contributed by atoms with Crippen LogP contribution in [0.4, 0.5) is 0 Å². The Kier molecular flexibility index (Phi) is 46.7. The molecule has 0 aromatic carbocycles. The van der Waals surface area contributed by atoms with Gasteiger partial charge in [0.2, 0.25) is 0 Å². The van der Waals surface area contributed by atoms with E-state index in [0.29, 0.717) is 0 Å². The number of amidine groups is 1. The van der Waals surface area contributed by atoms with Crippen molar-refractivity contribution in [3.8, 4) is 0 Å².